The summed E-state index contributed by atoms with van der Waals surface area (Å²) in [6, 6.07) is 12.8. The average Bonchev–Trinajstić information content (AvgIpc) is 2.81. The summed E-state index contributed by atoms with van der Waals surface area (Å²) < 4.78 is 1.59. The van der Waals surface area contributed by atoms with E-state index in [2.05, 4.69) is 11.8 Å². The topological polar surface area (TPSA) is 58.4 Å². The van der Waals surface area contributed by atoms with Crippen molar-refractivity contribution in [1.82, 2.24) is 19.4 Å². The van der Waals surface area contributed by atoms with Crippen LogP contribution >= 0.6 is 23.4 Å². The summed E-state index contributed by atoms with van der Waals surface area (Å²) in [5.74, 6) is 0.0718. The average molecular weight is 471 g/mol. The number of aromatic nitrogens is 2. The van der Waals surface area contributed by atoms with Crippen molar-refractivity contribution in [2.45, 2.75) is 31.2 Å². The van der Waals surface area contributed by atoms with Gasteiger partial charge in [-0.05, 0) is 50.2 Å². The van der Waals surface area contributed by atoms with Crippen molar-refractivity contribution in [3.05, 3.63) is 63.4 Å². The van der Waals surface area contributed by atoms with E-state index in [1.807, 2.05) is 49.1 Å². The Kier molecular flexibility index (Phi) is 6.88. The quantitative estimate of drug-likeness (QED) is 0.417. The lowest BCUT2D eigenvalue weighted by atomic mass is 10.2. The van der Waals surface area contributed by atoms with E-state index in [4.69, 9.17) is 16.6 Å². The number of amides is 1. The van der Waals surface area contributed by atoms with Gasteiger partial charge in [0.15, 0.2) is 5.16 Å². The van der Waals surface area contributed by atoms with Gasteiger partial charge in [0.05, 0.1) is 21.8 Å². The number of piperazine rings is 1. The number of rotatable bonds is 5. The molecular weight excluding hydrogens is 444 g/mol. The van der Waals surface area contributed by atoms with Crippen LogP contribution < -0.4 is 5.56 Å². The molecule has 6 nitrogen and oxygen atoms in total. The molecule has 2 aromatic carbocycles. The molecule has 1 aliphatic rings. The second-order valence-corrected chi connectivity index (χ2v) is 9.67. The molecule has 32 heavy (non-hydrogen) atoms. The van der Waals surface area contributed by atoms with Gasteiger partial charge in [-0.1, -0.05) is 48.5 Å². The largest absolute Gasteiger partial charge is 0.339 e. The van der Waals surface area contributed by atoms with Crippen molar-refractivity contribution in [3.63, 3.8) is 0 Å². The molecule has 1 amide bonds. The Labute approximate surface area is 197 Å². The molecule has 168 valence electrons. The van der Waals surface area contributed by atoms with Crippen LogP contribution in [0, 0.1) is 6.92 Å². The first-order valence-electron chi connectivity index (χ1n) is 10.9. The zero-order valence-electron chi connectivity index (χ0n) is 18.5. The number of benzene rings is 2. The fourth-order valence-electron chi connectivity index (χ4n) is 3.99. The zero-order chi connectivity index (χ0) is 22.8. The number of para-hydroxylation sites is 1. The SMILES string of the molecule is CCN1CCN(C(=O)C(C)Sc2nc3ccccc3c(=O)n2-c2cccc(Cl)c2C)CC1. The van der Waals surface area contributed by atoms with E-state index >= 15 is 0 Å². The number of carbonyl (C=O) groups is 1. The minimum absolute atomic E-state index is 0.0718. The molecule has 2 heterocycles. The molecule has 0 N–H and O–H groups in total. The summed E-state index contributed by atoms with van der Waals surface area (Å²) in [5, 5.41) is 1.23. The zero-order valence-corrected chi connectivity index (χ0v) is 20.1. The lowest BCUT2D eigenvalue weighted by Gasteiger charge is -2.35. The predicted molar refractivity (Wildman–Crippen MR) is 131 cm³/mol. The van der Waals surface area contributed by atoms with Gasteiger partial charge in [0.25, 0.3) is 5.56 Å². The van der Waals surface area contributed by atoms with E-state index < -0.39 is 0 Å². The molecule has 1 aliphatic heterocycles. The van der Waals surface area contributed by atoms with E-state index in [0.717, 1.165) is 38.3 Å². The molecule has 4 rings (SSSR count). The van der Waals surface area contributed by atoms with Gasteiger partial charge in [0.2, 0.25) is 5.91 Å². The van der Waals surface area contributed by atoms with Crippen LogP contribution in [0.3, 0.4) is 0 Å². The van der Waals surface area contributed by atoms with Crippen LogP contribution in [0.5, 0.6) is 0 Å². The highest BCUT2D eigenvalue weighted by atomic mass is 35.5. The number of hydrogen-bond donors (Lipinski definition) is 0. The monoisotopic (exact) mass is 470 g/mol. The number of likely N-dealkylation sites (N-methyl/N-ethyl adjacent to an activating group) is 1. The minimum atomic E-state index is -0.373. The number of fused-ring (bicyclic) bond motifs is 1. The van der Waals surface area contributed by atoms with E-state index in [9.17, 15) is 9.59 Å². The van der Waals surface area contributed by atoms with Gasteiger partial charge in [-0.15, -0.1) is 0 Å². The van der Waals surface area contributed by atoms with Gasteiger partial charge >= 0.3 is 0 Å². The van der Waals surface area contributed by atoms with E-state index in [-0.39, 0.29) is 16.7 Å². The Balaban J connectivity index is 1.72. The molecule has 1 saturated heterocycles. The first kappa shape index (κ1) is 22.8. The van der Waals surface area contributed by atoms with Crippen molar-refractivity contribution in [3.8, 4) is 5.69 Å². The number of halogens is 1. The van der Waals surface area contributed by atoms with Crippen LogP contribution in [-0.4, -0.2) is 63.2 Å². The Morgan fingerprint density at radius 2 is 1.84 bits per heavy atom. The smallest absolute Gasteiger partial charge is 0.266 e. The standard InChI is InChI=1S/C24H27ClN4O2S/c1-4-27-12-14-28(15-13-27)22(30)17(3)32-24-26-20-10-6-5-8-18(20)23(31)29(24)21-11-7-9-19(25)16(21)2/h5-11,17H,4,12-15H2,1-3H3. The first-order valence-corrected chi connectivity index (χ1v) is 12.1. The molecule has 8 heteroatoms. The maximum atomic E-state index is 13.5. The van der Waals surface area contributed by atoms with Crippen molar-refractivity contribution < 1.29 is 4.79 Å². The molecule has 0 aliphatic carbocycles. The summed E-state index contributed by atoms with van der Waals surface area (Å²) in [7, 11) is 0. The molecule has 0 spiro atoms. The molecular formula is C24H27ClN4O2S. The Hall–Kier alpha value is -2.35. The molecule has 0 saturated carbocycles. The summed E-state index contributed by atoms with van der Waals surface area (Å²) in [6.45, 7) is 10.1. The van der Waals surface area contributed by atoms with Crippen LogP contribution in [0.4, 0.5) is 0 Å². The Morgan fingerprint density at radius 3 is 2.56 bits per heavy atom. The number of thioether (sulfide) groups is 1. The molecule has 1 atom stereocenters. The minimum Gasteiger partial charge on any atom is -0.339 e. The third kappa shape index (κ3) is 4.42. The molecule has 0 bridgehead atoms. The van der Waals surface area contributed by atoms with Gasteiger partial charge in [-0.3, -0.25) is 14.2 Å². The Morgan fingerprint density at radius 1 is 1.12 bits per heavy atom. The van der Waals surface area contributed by atoms with Crippen LogP contribution in [-0.2, 0) is 4.79 Å². The lowest BCUT2D eigenvalue weighted by Crippen LogP contribution is -2.50. The third-order valence-corrected chi connectivity index (χ3v) is 7.44. The van der Waals surface area contributed by atoms with Crippen LogP contribution in [0.2, 0.25) is 5.02 Å². The summed E-state index contributed by atoms with van der Waals surface area (Å²) >= 11 is 7.68. The fourth-order valence-corrected chi connectivity index (χ4v) is 5.17. The van der Waals surface area contributed by atoms with Gasteiger partial charge in [0.1, 0.15) is 0 Å². The summed E-state index contributed by atoms with van der Waals surface area (Å²) in [6.07, 6.45) is 0. The van der Waals surface area contributed by atoms with Crippen molar-refractivity contribution in [1.29, 1.82) is 0 Å². The van der Waals surface area contributed by atoms with Crippen LogP contribution in [0.25, 0.3) is 16.6 Å². The van der Waals surface area contributed by atoms with E-state index in [0.29, 0.717) is 26.8 Å². The number of carbonyl (C=O) groups excluding carboxylic acids is 1. The maximum absolute atomic E-state index is 13.5. The number of hydrogen-bond acceptors (Lipinski definition) is 5. The highest BCUT2D eigenvalue weighted by Gasteiger charge is 2.27. The fraction of sp³-hybridized carbons (Fsp3) is 0.375. The summed E-state index contributed by atoms with van der Waals surface area (Å²) in [5.41, 5.74) is 1.93. The maximum Gasteiger partial charge on any atom is 0.266 e. The predicted octanol–water partition coefficient (Wildman–Crippen LogP) is 3.99. The van der Waals surface area contributed by atoms with Crippen LogP contribution in [0.15, 0.2) is 52.4 Å². The number of nitrogens with zero attached hydrogens (tertiary/aromatic N) is 4. The van der Waals surface area contributed by atoms with Crippen molar-refractivity contribution in [2.75, 3.05) is 32.7 Å². The first-order chi connectivity index (χ1) is 15.4. The second-order valence-electron chi connectivity index (χ2n) is 7.96. The normalized spacial score (nSPS) is 15.8. The Bertz CT molecular complexity index is 1200. The lowest BCUT2D eigenvalue weighted by molar-refractivity contribution is -0.132. The van der Waals surface area contributed by atoms with Crippen molar-refractivity contribution >= 4 is 40.2 Å². The van der Waals surface area contributed by atoms with Gasteiger partial charge in [0, 0.05) is 31.2 Å². The van der Waals surface area contributed by atoms with Gasteiger partial charge < -0.3 is 9.80 Å². The summed E-state index contributed by atoms with van der Waals surface area (Å²) in [4.78, 5) is 35.7. The van der Waals surface area contributed by atoms with Crippen molar-refractivity contribution in [2.24, 2.45) is 0 Å². The second kappa shape index (κ2) is 9.65. The van der Waals surface area contributed by atoms with Gasteiger partial charge in [-0.2, -0.15) is 0 Å². The highest BCUT2D eigenvalue weighted by Crippen LogP contribution is 2.29. The molecule has 1 fully saturated rings. The molecule has 0 radical (unpaired) electrons. The van der Waals surface area contributed by atoms with E-state index in [1.165, 1.54) is 11.8 Å². The van der Waals surface area contributed by atoms with Gasteiger partial charge in [-0.25, -0.2) is 4.98 Å². The highest BCUT2D eigenvalue weighted by molar-refractivity contribution is 8.00. The molecule has 1 unspecified atom stereocenters. The third-order valence-electron chi connectivity index (χ3n) is 5.99. The molecule has 3 aromatic rings. The van der Waals surface area contributed by atoms with Crippen LogP contribution in [0.1, 0.15) is 19.4 Å². The molecule has 1 aromatic heterocycles. The van der Waals surface area contributed by atoms with E-state index in [1.54, 1.807) is 16.7 Å².